The molecule has 0 aromatic rings. The van der Waals surface area contributed by atoms with Crippen LogP contribution >= 0.6 is 11.8 Å². The number of allylic oxidation sites excluding steroid dienone is 4. The van der Waals surface area contributed by atoms with Gasteiger partial charge in [0.2, 0.25) is 5.12 Å². The highest BCUT2D eigenvalue weighted by atomic mass is 32.2. The van der Waals surface area contributed by atoms with Crippen molar-refractivity contribution in [3.63, 3.8) is 0 Å². The van der Waals surface area contributed by atoms with Gasteiger partial charge in [-0.1, -0.05) is 19.9 Å². The van der Waals surface area contributed by atoms with Crippen LogP contribution in [0.2, 0.25) is 0 Å². The molecule has 0 bridgehead atoms. The standard InChI is InChI=1S/C24H29F3O5S/c1-12-7-15-16-9-18(26)17-8-14(29)5-6-21(17,3)23(16,27)19(30)10-22(15,4)24(12,32-13(2)28)20(31)33-11-25/h5-6,8,12,15-16,18-19,30H,7,9-11H2,1-4H3/t12-,15+,16+,18+,19+,21+,22+,23+,24+/m1/s1. The van der Waals surface area contributed by atoms with Gasteiger partial charge < -0.3 is 9.84 Å². The van der Waals surface area contributed by atoms with E-state index in [1.54, 1.807) is 13.8 Å². The number of alkyl halides is 3. The van der Waals surface area contributed by atoms with Gasteiger partial charge in [0.15, 0.2) is 17.1 Å². The lowest BCUT2D eigenvalue weighted by atomic mass is 9.44. The van der Waals surface area contributed by atoms with E-state index in [9.17, 15) is 23.9 Å². The monoisotopic (exact) mass is 486 g/mol. The lowest BCUT2D eigenvalue weighted by Gasteiger charge is -2.63. The van der Waals surface area contributed by atoms with Gasteiger partial charge >= 0.3 is 5.97 Å². The van der Waals surface area contributed by atoms with Crippen LogP contribution in [0.25, 0.3) is 0 Å². The first kappa shape index (κ1) is 24.5. The van der Waals surface area contributed by atoms with Gasteiger partial charge in [0.25, 0.3) is 0 Å². The summed E-state index contributed by atoms with van der Waals surface area (Å²) in [6, 6.07) is -1.02. The minimum absolute atomic E-state index is 0.0118. The van der Waals surface area contributed by atoms with E-state index in [1.807, 2.05) is 0 Å². The number of esters is 1. The van der Waals surface area contributed by atoms with Crippen LogP contribution in [0, 0.1) is 28.6 Å². The summed E-state index contributed by atoms with van der Waals surface area (Å²) in [5, 5.41) is 10.6. The van der Waals surface area contributed by atoms with Gasteiger partial charge in [-0.05, 0) is 61.6 Å². The summed E-state index contributed by atoms with van der Waals surface area (Å²) in [4.78, 5) is 37.3. The van der Waals surface area contributed by atoms with E-state index in [4.69, 9.17) is 4.74 Å². The fourth-order valence-electron chi connectivity index (χ4n) is 7.60. The van der Waals surface area contributed by atoms with Gasteiger partial charge in [-0.3, -0.25) is 14.4 Å². The predicted molar refractivity (Wildman–Crippen MR) is 116 cm³/mol. The van der Waals surface area contributed by atoms with Crippen LogP contribution in [-0.2, 0) is 19.1 Å². The van der Waals surface area contributed by atoms with Crippen molar-refractivity contribution in [2.75, 3.05) is 6.01 Å². The van der Waals surface area contributed by atoms with Gasteiger partial charge in [-0.15, -0.1) is 0 Å². The Morgan fingerprint density at radius 2 is 1.94 bits per heavy atom. The smallest absolute Gasteiger partial charge is 0.303 e. The van der Waals surface area contributed by atoms with E-state index in [0.717, 1.165) is 13.0 Å². The molecule has 1 N–H and O–H groups in total. The van der Waals surface area contributed by atoms with Crippen LogP contribution in [0.1, 0.15) is 47.0 Å². The Morgan fingerprint density at radius 3 is 2.55 bits per heavy atom. The average Bonchev–Trinajstić information content (AvgIpc) is 2.93. The Morgan fingerprint density at radius 1 is 1.27 bits per heavy atom. The van der Waals surface area contributed by atoms with Crippen molar-refractivity contribution in [3.8, 4) is 0 Å². The third-order valence-corrected chi connectivity index (χ3v) is 9.64. The van der Waals surface area contributed by atoms with Crippen LogP contribution in [0.3, 0.4) is 0 Å². The molecule has 3 saturated carbocycles. The molecule has 9 heteroatoms. The van der Waals surface area contributed by atoms with Gasteiger partial charge in [0.1, 0.15) is 12.2 Å². The zero-order valence-electron chi connectivity index (χ0n) is 19.1. The number of rotatable bonds is 3. The van der Waals surface area contributed by atoms with Gasteiger partial charge in [-0.25, -0.2) is 13.2 Å². The number of carbonyl (C=O) groups is 3. The molecule has 0 heterocycles. The summed E-state index contributed by atoms with van der Waals surface area (Å²) < 4.78 is 51.5. The number of carbonyl (C=O) groups excluding carboxylic acids is 3. The SMILES string of the molecule is CC(=O)O[C@]1(C(=O)SCF)[C@H](C)C[C@H]2[C@@H]3C[C@H](F)C4=CC(=O)C=C[C@]4(C)[C@@]3(F)[C@@H](O)C[C@@]21C. The van der Waals surface area contributed by atoms with Crippen LogP contribution in [0.5, 0.6) is 0 Å². The summed E-state index contributed by atoms with van der Waals surface area (Å²) in [5.41, 5.74) is -6.84. The largest absolute Gasteiger partial charge is 0.449 e. The molecule has 0 radical (unpaired) electrons. The molecule has 33 heavy (non-hydrogen) atoms. The molecule has 4 aliphatic rings. The molecule has 182 valence electrons. The van der Waals surface area contributed by atoms with Crippen molar-refractivity contribution in [3.05, 3.63) is 23.8 Å². The number of hydrogen-bond acceptors (Lipinski definition) is 6. The van der Waals surface area contributed by atoms with E-state index < -0.39 is 75.0 Å². The number of fused-ring (bicyclic) bond motifs is 5. The zero-order valence-corrected chi connectivity index (χ0v) is 19.9. The Labute approximate surface area is 195 Å². The molecule has 0 aromatic heterocycles. The van der Waals surface area contributed by atoms with Crippen LogP contribution in [0.15, 0.2) is 23.8 Å². The number of halogens is 3. The summed E-state index contributed by atoms with van der Waals surface area (Å²) >= 11 is 0.385. The highest BCUT2D eigenvalue weighted by molar-refractivity contribution is 8.13. The van der Waals surface area contributed by atoms with E-state index >= 15 is 8.78 Å². The number of aliphatic hydroxyl groups is 1. The Balaban J connectivity index is 1.88. The Bertz CT molecular complexity index is 968. The fraction of sp³-hybridized carbons (Fsp3) is 0.708. The maximum absolute atomic E-state index is 17.2. The second kappa shape index (κ2) is 7.70. The van der Waals surface area contributed by atoms with Crippen molar-refractivity contribution in [2.45, 2.75) is 70.5 Å². The van der Waals surface area contributed by atoms with Crippen LogP contribution in [0.4, 0.5) is 13.2 Å². The van der Waals surface area contributed by atoms with E-state index in [1.165, 1.54) is 19.1 Å². The number of aliphatic hydroxyl groups excluding tert-OH is 1. The van der Waals surface area contributed by atoms with Crippen molar-refractivity contribution in [1.82, 2.24) is 0 Å². The summed E-state index contributed by atoms with van der Waals surface area (Å²) in [6.07, 6.45) is 0.152. The predicted octanol–water partition coefficient (Wildman–Crippen LogP) is 4.04. The molecular weight excluding hydrogens is 457 g/mol. The average molecular weight is 487 g/mol. The fourth-order valence-corrected chi connectivity index (χ4v) is 8.39. The molecule has 5 nitrogen and oxygen atoms in total. The Kier molecular flexibility index (Phi) is 5.72. The third kappa shape index (κ3) is 2.93. The number of thioether (sulfide) groups is 1. The second-order valence-corrected chi connectivity index (χ2v) is 11.2. The first-order chi connectivity index (χ1) is 15.3. The third-order valence-electron chi connectivity index (χ3n) is 8.96. The van der Waals surface area contributed by atoms with Crippen LogP contribution < -0.4 is 0 Å². The summed E-state index contributed by atoms with van der Waals surface area (Å²) in [6.45, 7) is 5.99. The maximum Gasteiger partial charge on any atom is 0.303 e. The minimum Gasteiger partial charge on any atom is -0.449 e. The summed E-state index contributed by atoms with van der Waals surface area (Å²) in [7, 11) is 0. The quantitative estimate of drug-likeness (QED) is 0.607. The molecule has 0 saturated heterocycles. The van der Waals surface area contributed by atoms with Gasteiger partial charge in [-0.2, -0.15) is 0 Å². The minimum atomic E-state index is -2.30. The molecule has 3 fully saturated rings. The molecule has 4 rings (SSSR count). The maximum atomic E-state index is 17.2. The summed E-state index contributed by atoms with van der Waals surface area (Å²) in [5.74, 6) is -3.39. The normalized spacial score (nSPS) is 48.4. The molecule has 0 aliphatic heterocycles. The topological polar surface area (TPSA) is 80.7 Å². The zero-order chi connectivity index (χ0) is 24.6. The molecular formula is C24H29F3O5S. The van der Waals surface area contributed by atoms with Gasteiger partial charge in [0.05, 0.1) is 6.10 Å². The molecule has 4 aliphatic carbocycles. The van der Waals surface area contributed by atoms with Crippen molar-refractivity contribution < 1.29 is 37.4 Å². The number of ketones is 1. The molecule has 9 atom stereocenters. The lowest BCUT2D eigenvalue weighted by molar-refractivity contribution is -0.228. The van der Waals surface area contributed by atoms with E-state index in [0.29, 0.717) is 11.8 Å². The molecule has 0 amide bonds. The highest BCUT2D eigenvalue weighted by Crippen LogP contribution is 2.72. The number of hydrogen-bond donors (Lipinski definition) is 1. The first-order valence-electron chi connectivity index (χ1n) is 11.2. The van der Waals surface area contributed by atoms with Crippen molar-refractivity contribution in [2.24, 2.45) is 28.6 Å². The molecule has 0 spiro atoms. The second-order valence-electron chi connectivity index (χ2n) is 10.4. The van der Waals surface area contributed by atoms with Crippen LogP contribution in [-0.4, -0.2) is 51.5 Å². The Hall–Kier alpha value is -1.61. The van der Waals surface area contributed by atoms with Crippen molar-refractivity contribution >= 4 is 28.6 Å². The lowest BCUT2D eigenvalue weighted by Crippen LogP contribution is -2.70. The highest BCUT2D eigenvalue weighted by Gasteiger charge is 2.78. The van der Waals surface area contributed by atoms with Crippen molar-refractivity contribution in [1.29, 1.82) is 0 Å². The van der Waals surface area contributed by atoms with E-state index in [-0.39, 0.29) is 24.8 Å². The number of ether oxygens (including phenoxy) is 1. The first-order valence-corrected chi connectivity index (χ1v) is 12.2. The molecule has 0 aromatic carbocycles. The molecule has 0 unspecified atom stereocenters. The van der Waals surface area contributed by atoms with E-state index in [2.05, 4.69) is 0 Å². The van der Waals surface area contributed by atoms with Gasteiger partial charge in [0, 0.05) is 29.6 Å².